The fourth-order valence-corrected chi connectivity index (χ4v) is 1.59. The summed E-state index contributed by atoms with van der Waals surface area (Å²) in [6.07, 6.45) is -0.651. The van der Waals surface area contributed by atoms with Gasteiger partial charge in [-0.05, 0) is 12.5 Å². The van der Waals surface area contributed by atoms with Gasteiger partial charge >= 0.3 is 11.9 Å². The van der Waals surface area contributed by atoms with Crippen LogP contribution in [0.4, 0.5) is 0 Å². The second-order valence-corrected chi connectivity index (χ2v) is 5.08. The number of carboxylic acids is 2. The van der Waals surface area contributed by atoms with Gasteiger partial charge in [0, 0.05) is 0 Å². The number of amides is 1. The maximum atomic E-state index is 11.9. The number of rotatable bonds is 6. The van der Waals surface area contributed by atoms with E-state index in [1.165, 1.54) is 0 Å². The minimum Gasteiger partial charge on any atom is -0.481 e. The SMILES string of the molecule is CN[C@H](C(=O)N[C@@H](CC(=O)O)C(=O)O)C(C)(C)C. The van der Waals surface area contributed by atoms with Crippen molar-refractivity contribution in [2.45, 2.75) is 39.3 Å². The number of carbonyl (C=O) groups excluding carboxylic acids is 1. The van der Waals surface area contributed by atoms with Crippen LogP contribution in [-0.2, 0) is 14.4 Å². The topological polar surface area (TPSA) is 116 Å². The second kappa shape index (κ2) is 6.34. The number of hydrogen-bond acceptors (Lipinski definition) is 4. The highest BCUT2D eigenvalue weighted by Crippen LogP contribution is 2.19. The summed E-state index contributed by atoms with van der Waals surface area (Å²) in [5.74, 6) is -3.17. The predicted octanol–water partition coefficient (Wildman–Crippen LogP) is -0.335. The van der Waals surface area contributed by atoms with Crippen molar-refractivity contribution >= 4 is 17.8 Å². The number of hydrogen-bond donors (Lipinski definition) is 4. The lowest BCUT2D eigenvalue weighted by Gasteiger charge is -2.30. The van der Waals surface area contributed by atoms with Crippen molar-refractivity contribution in [2.24, 2.45) is 5.41 Å². The Bertz CT molecular complexity index is 335. The van der Waals surface area contributed by atoms with Crippen LogP contribution >= 0.6 is 0 Å². The van der Waals surface area contributed by atoms with Crippen molar-refractivity contribution in [2.75, 3.05) is 7.05 Å². The van der Waals surface area contributed by atoms with E-state index in [-0.39, 0.29) is 0 Å². The third-order valence-electron chi connectivity index (χ3n) is 2.41. The van der Waals surface area contributed by atoms with Crippen molar-refractivity contribution < 1.29 is 24.6 Å². The minimum atomic E-state index is -1.42. The highest BCUT2D eigenvalue weighted by atomic mass is 16.4. The Morgan fingerprint density at radius 3 is 1.94 bits per heavy atom. The van der Waals surface area contributed by atoms with E-state index in [0.29, 0.717) is 0 Å². The number of aliphatic carboxylic acids is 2. The van der Waals surface area contributed by atoms with E-state index in [4.69, 9.17) is 10.2 Å². The van der Waals surface area contributed by atoms with Gasteiger partial charge in [0.15, 0.2) is 0 Å². The average molecular weight is 260 g/mol. The molecule has 18 heavy (non-hydrogen) atoms. The molecule has 0 bridgehead atoms. The normalized spacial score (nSPS) is 14.7. The van der Waals surface area contributed by atoms with Gasteiger partial charge in [-0.2, -0.15) is 0 Å². The Kier molecular flexibility index (Phi) is 5.77. The van der Waals surface area contributed by atoms with Gasteiger partial charge in [0.1, 0.15) is 6.04 Å². The van der Waals surface area contributed by atoms with Crippen molar-refractivity contribution in [3.05, 3.63) is 0 Å². The molecule has 7 heteroatoms. The van der Waals surface area contributed by atoms with Crippen molar-refractivity contribution in [3.63, 3.8) is 0 Å². The molecule has 0 rings (SSSR count). The molecule has 1 amide bonds. The van der Waals surface area contributed by atoms with Gasteiger partial charge in [-0.1, -0.05) is 20.8 Å². The van der Waals surface area contributed by atoms with Crippen LogP contribution in [0.1, 0.15) is 27.2 Å². The summed E-state index contributed by atoms with van der Waals surface area (Å²) in [6, 6.07) is -2.03. The number of likely N-dealkylation sites (N-methyl/N-ethyl adjacent to an activating group) is 1. The number of carbonyl (C=O) groups is 3. The highest BCUT2D eigenvalue weighted by molar-refractivity contribution is 5.89. The van der Waals surface area contributed by atoms with Crippen molar-refractivity contribution in [1.82, 2.24) is 10.6 Å². The molecular weight excluding hydrogens is 240 g/mol. The zero-order valence-corrected chi connectivity index (χ0v) is 11.0. The maximum Gasteiger partial charge on any atom is 0.326 e. The first-order valence-corrected chi connectivity index (χ1v) is 5.51. The maximum absolute atomic E-state index is 11.9. The zero-order chi connectivity index (χ0) is 14.5. The Morgan fingerprint density at radius 1 is 1.17 bits per heavy atom. The molecule has 0 unspecified atom stereocenters. The standard InChI is InChI=1S/C11H20N2O5/c1-11(2,3)8(12-4)9(16)13-6(10(17)18)5-7(14)15/h6,8,12H,5H2,1-4H3,(H,13,16)(H,14,15)(H,17,18)/t6-,8+/m0/s1. The lowest BCUT2D eigenvalue weighted by atomic mass is 9.86. The Balaban J connectivity index is 4.78. The minimum absolute atomic E-state index is 0.412. The van der Waals surface area contributed by atoms with Gasteiger partial charge < -0.3 is 20.8 Å². The molecule has 0 aliphatic heterocycles. The molecule has 0 aliphatic carbocycles. The Hall–Kier alpha value is -1.63. The Labute approximate surface area is 106 Å². The van der Waals surface area contributed by atoms with Gasteiger partial charge in [-0.15, -0.1) is 0 Å². The van der Waals surface area contributed by atoms with Crippen LogP contribution < -0.4 is 10.6 Å². The molecule has 0 aliphatic rings. The first kappa shape index (κ1) is 16.4. The molecule has 0 aromatic rings. The largest absolute Gasteiger partial charge is 0.481 e. The van der Waals surface area contributed by atoms with Crippen LogP contribution in [0.5, 0.6) is 0 Å². The van der Waals surface area contributed by atoms with Gasteiger partial charge in [-0.25, -0.2) is 4.79 Å². The lowest BCUT2D eigenvalue weighted by molar-refractivity contribution is -0.147. The first-order chi connectivity index (χ1) is 8.09. The summed E-state index contributed by atoms with van der Waals surface area (Å²) >= 11 is 0. The fraction of sp³-hybridized carbons (Fsp3) is 0.727. The Morgan fingerprint density at radius 2 is 1.67 bits per heavy atom. The van der Waals surface area contributed by atoms with Crippen LogP contribution in [0, 0.1) is 5.41 Å². The quantitative estimate of drug-likeness (QED) is 0.519. The summed E-state index contributed by atoms with van der Waals surface area (Å²) in [6.45, 7) is 5.46. The first-order valence-electron chi connectivity index (χ1n) is 5.51. The summed E-state index contributed by atoms with van der Waals surface area (Å²) in [4.78, 5) is 33.2. The zero-order valence-electron chi connectivity index (χ0n) is 11.0. The summed E-state index contributed by atoms with van der Waals surface area (Å²) < 4.78 is 0. The van der Waals surface area contributed by atoms with E-state index in [0.717, 1.165) is 0 Å². The van der Waals surface area contributed by atoms with Gasteiger partial charge in [-0.3, -0.25) is 9.59 Å². The molecular formula is C11H20N2O5. The number of carboxylic acid groups (broad SMARTS) is 2. The molecule has 2 atom stereocenters. The van der Waals surface area contributed by atoms with E-state index < -0.39 is 41.8 Å². The molecule has 0 saturated carbocycles. The van der Waals surface area contributed by atoms with E-state index >= 15 is 0 Å². The van der Waals surface area contributed by atoms with Crippen LogP contribution in [0.2, 0.25) is 0 Å². The molecule has 0 radical (unpaired) electrons. The second-order valence-electron chi connectivity index (χ2n) is 5.08. The van der Waals surface area contributed by atoms with E-state index in [9.17, 15) is 14.4 Å². The number of nitrogens with one attached hydrogen (secondary N) is 2. The summed E-state index contributed by atoms with van der Waals surface area (Å²) in [5, 5.41) is 22.4. The van der Waals surface area contributed by atoms with E-state index in [2.05, 4.69) is 10.6 Å². The average Bonchev–Trinajstić information content (AvgIpc) is 2.14. The monoisotopic (exact) mass is 260 g/mol. The van der Waals surface area contributed by atoms with Crippen LogP contribution in [0.15, 0.2) is 0 Å². The van der Waals surface area contributed by atoms with Gasteiger partial charge in [0.2, 0.25) is 5.91 Å². The van der Waals surface area contributed by atoms with Crippen LogP contribution in [0.25, 0.3) is 0 Å². The highest BCUT2D eigenvalue weighted by Gasteiger charge is 2.33. The van der Waals surface area contributed by atoms with E-state index in [1.807, 2.05) is 20.8 Å². The molecule has 0 saturated heterocycles. The fourth-order valence-electron chi connectivity index (χ4n) is 1.59. The third-order valence-corrected chi connectivity index (χ3v) is 2.41. The molecule has 0 aromatic heterocycles. The van der Waals surface area contributed by atoms with Crippen LogP contribution in [-0.4, -0.2) is 47.2 Å². The molecule has 0 heterocycles. The molecule has 4 N–H and O–H groups in total. The molecule has 0 fully saturated rings. The third kappa shape index (κ3) is 5.13. The van der Waals surface area contributed by atoms with E-state index in [1.54, 1.807) is 7.05 Å². The smallest absolute Gasteiger partial charge is 0.326 e. The molecule has 0 spiro atoms. The lowest BCUT2D eigenvalue weighted by Crippen LogP contribution is -2.54. The summed E-state index contributed by atoms with van der Waals surface area (Å²) in [5.41, 5.74) is -0.412. The summed E-state index contributed by atoms with van der Waals surface area (Å²) in [7, 11) is 1.59. The molecule has 0 aromatic carbocycles. The predicted molar refractivity (Wildman–Crippen MR) is 64.1 cm³/mol. The van der Waals surface area contributed by atoms with Gasteiger partial charge in [0.25, 0.3) is 0 Å². The van der Waals surface area contributed by atoms with Crippen molar-refractivity contribution in [1.29, 1.82) is 0 Å². The van der Waals surface area contributed by atoms with Crippen LogP contribution in [0.3, 0.4) is 0 Å². The van der Waals surface area contributed by atoms with Gasteiger partial charge in [0.05, 0.1) is 12.5 Å². The molecule has 7 nitrogen and oxygen atoms in total. The molecule has 104 valence electrons. The van der Waals surface area contributed by atoms with Crippen molar-refractivity contribution in [3.8, 4) is 0 Å².